The molecule has 1 heteroatoms. The summed E-state index contributed by atoms with van der Waals surface area (Å²) in [6, 6.07) is 9.76. The maximum Gasteiger partial charge on any atom is 0.0351 e. The van der Waals surface area contributed by atoms with Crippen molar-refractivity contribution in [3.05, 3.63) is 35.4 Å². The lowest BCUT2D eigenvalue weighted by Crippen LogP contribution is -2.34. The second-order valence-electron chi connectivity index (χ2n) is 6.46. The Bertz CT molecular complexity index is 381. The van der Waals surface area contributed by atoms with Crippen LogP contribution >= 0.6 is 0 Å². The predicted molar refractivity (Wildman–Crippen MR) is 88.0 cm³/mol. The third-order valence-corrected chi connectivity index (χ3v) is 4.97. The molecule has 0 saturated heterocycles. The van der Waals surface area contributed by atoms with Crippen LogP contribution in [0.4, 0.5) is 0 Å². The van der Waals surface area contributed by atoms with Gasteiger partial charge in [0.25, 0.3) is 0 Å². The minimum absolute atomic E-state index is 0.556. The van der Waals surface area contributed by atoms with Gasteiger partial charge >= 0.3 is 0 Å². The van der Waals surface area contributed by atoms with Gasteiger partial charge in [-0.1, -0.05) is 69.4 Å². The van der Waals surface area contributed by atoms with Gasteiger partial charge in [-0.05, 0) is 43.7 Å². The normalized spacial score (nSPS) is 24.6. The number of aryl methyl sites for hydroxylation is 1. The molecule has 0 bridgehead atoms. The average Bonchev–Trinajstić information content (AvgIpc) is 2.50. The van der Waals surface area contributed by atoms with E-state index in [0.717, 1.165) is 18.4 Å². The average molecular weight is 273 g/mol. The topological polar surface area (TPSA) is 12.0 Å². The smallest absolute Gasteiger partial charge is 0.0351 e. The largest absolute Gasteiger partial charge is 0.310 e. The Hall–Kier alpha value is -0.820. The molecule has 1 aromatic carbocycles. The fourth-order valence-corrected chi connectivity index (χ4v) is 3.77. The van der Waals surface area contributed by atoms with Crippen molar-refractivity contribution in [3.63, 3.8) is 0 Å². The minimum Gasteiger partial charge on any atom is -0.310 e. The lowest BCUT2D eigenvalue weighted by molar-refractivity contribution is 0.175. The molecule has 1 fully saturated rings. The fraction of sp³-hybridized carbons (Fsp3) is 0.684. The van der Waals surface area contributed by atoms with Crippen LogP contribution in [0.5, 0.6) is 0 Å². The van der Waals surface area contributed by atoms with Crippen LogP contribution < -0.4 is 5.32 Å². The van der Waals surface area contributed by atoms with Gasteiger partial charge in [0.15, 0.2) is 0 Å². The predicted octanol–water partition coefficient (Wildman–Crippen LogP) is 5.25. The van der Waals surface area contributed by atoms with E-state index in [9.17, 15) is 0 Å². The summed E-state index contributed by atoms with van der Waals surface area (Å²) in [4.78, 5) is 0. The van der Waals surface area contributed by atoms with E-state index in [1.807, 2.05) is 0 Å². The monoisotopic (exact) mass is 273 g/mol. The highest BCUT2D eigenvalue weighted by Crippen LogP contribution is 2.40. The van der Waals surface area contributed by atoms with E-state index < -0.39 is 0 Å². The van der Waals surface area contributed by atoms with Crippen molar-refractivity contribution in [1.29, 1.82) is 0 Å². The van der Waals surface area contributed by atoms with E-state index in [4.69, 9.17) is 0 Å². The van der Waals surface area contributed by atoms with Crippen LogP contribution in [-0.2, 0) is 0 Å². The van der Waals surface area contributed by atoms with Gasteiger partial charge in [0.05, 0.1) is 0 Å². The summed E-state index contributed by atoms with van der Waals surface area (Å²) < 4.78 is 0. The second kappa shape index (κ2) is 7.83. The van der Waals surface area contributed by atoms with E-state index in [1.165, 1.54) is 49.7 Å². The van der Waals surface area contributed by atoms with Crippen LogP contribution in [-0.4, -0.2) is 6.54 Å². The molecule has 2 rings (SSSR count). The van der Waals surface area contributed by atoms with E-state index >= 15 is 0 Å². The molecular weight excluding hydrogens is 242 g/mol. The van der Waals surface area contributed by atoms with Crippen LogP contribution in [0.3, 0.4) is 0 Å². The number of nitrogens with one attached hydrogen (secondary N) is 1. The minimum atomic E-state index is 0.556. The Morgan fingerprint density at radius 2 is 1.80 bits per heavy atom. The zero-order chi connectivity index (χ0) is 14.4. The quantitative estimate of drug-likeness (QED) is 0.746. The molecule has 3 unspecified atom stereocenters. The van der Waals surface area contributed by atoms with Crippen LogP contribution in [0.2, 0.25) is 0 Å². The Morgan fingerprint density at radius 3 is 2.45 bits per heavy atom. The summed E-state index contributed by atoms with van der Waals surface area (Å²) in [6.45, 7) is 7.94. The van der Waals surface area contributed by atoms with Gasteiger partial charge in [-0.3, -0.25) is 0 Å². The lowest BCUT2D eigenvalue weighted by Gasteiger charge is -2.38. The number of rotatable bonds is 6. The molecule has 1 aliphatic rings. The van der Waals surface area contributed by atoms with E-state index in [0.29, 0.717) is 6.04 Å². The molecular formula is C19H31N. The Labute approximate surface area is 125 Å². The molecule has 20 heavy (non-hydrogen) atoms. The number of hydrogen-bond acceptors (Lipinski definition) is 1. The second-order valence-corrected chi connectivity index (χ2v) is 6.46. The lowest BCUT2D eigenvalue weighted by atomic mass is 9.72. The SMILES string of the molecule is CCCNC(c1ccc(C)cc1)C1CCCCC1CC. The first-order valence-electron chi connectivity index (χ1n) is 8.56. The van der Waals surface area contributed by atoms with Gasteiger partial charge in [0.2, 0.25) is 0 Å². The van der Waals surface area contributed by atoms with E-state index in [1.54, 1.807) is 0 Å². The highest BCUT2D eigenvalue weighted by Gasteiger charge is 2.31. The number of hydrogen-bond donors (Lipinski definition) is 1. The zero-order valence-corrected chi connectivity index (χ0v) is 13.5. The molecule has 0 aliphatic heterocycles. The Kier molecular flexibility index (Phi) is 6.09. The first kappa shape index (κ1) is 15.6. The van der Waals surface area contributed by atoms with Crippen LogP contribution in [0.25, 0.3) is 0 Å². The summed E-state index contributed by atoms with van der Waals surface area (Å²) >= 11 is 0. The maximum absolute atomic E-state index is 3.84. The van der Waals surface area contributed by atoms with Crippen molar-refractivity contribution >= 4 is 0 Å². The molecule has 1 aliphatic carbocycles. The first-order valence-corrected chi connectivity index (χ1v) is 8.56. The fourth-order valence-electron chi connectivity index (χ4n) is 3.77. The molecule has 0 aromatic heterocycles. The molecule has 0 spiro atoms. The Balaban J connectivity index is 2.18. The maximum atomic E-state index is 3.84. The van der Waals surface area contributed by atoms with E-state index in [2.05, 4.69) is 50.4 Å². The van der Waals surface area contributed by atoms with Gasteiger partial charge in [-0.25, -0.2) is 0 Å². The summed E-state index contributed by atoms with van der Waals surface area (Å²) in [6.07, 6.45) is 8.22. The van der Waals surface area contributed by atoms with Crippen molar-refractivity contribution in [2.45, 2.75) is 65.3 Å². The summed E-state index contributed by atoms with van der Waals surface area (Å²) in [7, 11) is 0. The molecule has 1 nitrogen and oxygen atoms in total. The number of benzene rings is 1. The van der Waals surface area contributed by atoms with Gasteiger partial charge in [0, 0.05) is 6.04 Å². The van der Waals surface area contributed by atoms with Crippen LogP contribution in [0, 0.1) is 18.8 Å². The highest BCUT2D eigenvalue weighted by molar-refractivity contribution is 5.25. The zero-order valence-electron chi connectivity index (χ0n) is 13.5. The van der Waals surface area contributed by atoms with Gasteiger partial charge in [0.1, 0.15) is 0 Å². The molecule has 1 saturated carbocycles. The molecule has 3 atom stereocenters. The third kappa shape index (κ3) is 3.85. The summed E-state index contributed by atoms with van der Waals surface area (Å²) in [5.41, 5.74) is 2.85. The molecule has 1 N–H and O–H groups in total. The van der Waals surface area contributed by atoms with Crippen LogP contribution in [0.15, 0.2) is 24.3 Å². The first-order chi connectivity index (χ1) is 9.76. The van der Waals surface area contributed by atoms with Crippen molar-refractivity contribution < 1.29 is 0 Å². The molecule has 0 heterocycles. The van der Waals surface area contributed by atoms with Crippen LogP contribution in [0.1, 0.15) is 69.5 Å². The van der Waals surface area contributed by atoms with Crippen molar-refractivity contribution in [2.24, 2.45) is 11.8 Å². The summed E-state index contributed by atoms with van der Waals surface area (Å²) in [5, 5.41) is 3.84. The molecule has 1 aromatic rings. The molecule has 0 amide bonds. The van der Waals surface area contributed by atoms with Gasteiger partial charge in [-0.2, -0.15) is 0 Å². The van der Waals surface area contributed by atoms with Gasteiger partial charge in [-0.15, -0.1) is 0 Å². The van der Waals surface area contributed by atoms with Crippen molar-refractivity contribution in [2.75, 3.05) is 6.54 Å². The third-order valence-electron chi connectivity index (χ3n) is 4.97. The van der Waals surface area contributed by atoms with Crippen molar-refractivity contribution in [1.82, 2.24) is 5.32 Å². The highest BCUT2D eigenvalue weighted by atomic mass is 14.9. The van der Waals surface area contributed by atoms with Crippen molar-refractivity contribution in [3.8, 4) is 0 Å². The van der Waals surface area contributed by atoms with E-state index in [-0.39, 0.29) is 0 Å². The van der Waals surface area contributed by atoms with Gasteiger partial charge < -0.3 is 5.32 Å². The Morgan fingerprint density at radius 1 is 1.10 bits per heavy atom. The molecule has 0 radical (unpaired) electrons. The molecule has 112 valence electrons. The summed E-state index contributed by atoms with van der Waals surface area (Å²) in [5.74, 6) is 1.72. The standard InChI is InChI=1S/C19H31N/c1-4-14-20-19(17-12-10-15(3)11-13-17)18-9-7-6-8-16(18)5-2/h10-13,16,18-20H,4-9,14H2,1-3H3.